The molecule has 3 heteroatoms. The summed E-state index contributed by atoms with van der Waals surface area (Å²) < 4.78 is 0. The molecule has 1 fully saturated rings. The number of hydrogen-bond acceptors (Lipinski definition) is 2. The van der Waals surface area contributed by atoms with Crippen LogP contribution in [0.4, 0.5) is 0 Å². The average Bonchev–Trinajstić information content (AvgIpc) is 2.22. The molecule has 1 amide bonds. The molecule has 0 saturated heterocycles. The molecule has 18 heavy (non-hydrogen) atoms. The molecular weight excluding hydrogens is 226 g/mol. The Balaban J connectivity index is 2.39. The predicted molar refractivity (Wildman–Crippen MR) is 74.4 cm³/mol. The van der Waals surface area contributed by atoms with Crippen molar-refractivity contribution in [1.82, 2.24) is 4.90 Å². The molecule has 0 aliphatic heterocycles. The maximum Gasteiger partial charge on any atom is 0.228 e. The number of hydrogen-bond donors (Lipinski definition) is 1. The second-order valence-corrected chi connectivity index (χ2v) is 6.47. The lowest BCUT2D eigenvalue weighted by molar-refractivity contribution is -0.143. The van der Waals surface area contributed by atoms with Crippen molar-refractivity contribution in [1.29, 1.82) is 0 Å². The van der Waals surface area contributed by atoms with E-state index in [1.807, 2.05) is 20.8 Å². The van der Waals surface area contributed by atoms with Crippen LogP contribution in [0.1, 0.15) is 65.7 Å². The van der Waals surface area contributed by atoms with Crippen molar-refractivity contribution in [3.63, 3.8) is 0 Å². The first-order chi connectivity index (χ1) is 8.46. The molecule has 0 unspecified atom stereocenters. The standard InChI is InChI=1S/C15H29NO2/c1-15(2,3)14(18)16(13-9-8-10-13)11-6-4-5-7-12-17/h13,17H,4-12H2,1-3H3. The van der Waals surface area contributed by atoms with Crippen molar-refractivity contribution in [2.45, 2.75) is 71.8 Å². The lowest BCUT2D eigenvalue weighted by Gasteiger charge is -2.40. The zero-order valence-corrected chi connectivity index (χ0v) is 12.2. The van der Waals surface area contributed by atoms with Gasteiger partial charge in [-0.2, -0.15) is 0 Å². The van der Waals surface area contributed by atoms with E-state index < -0.39 is 0 Å². The van der Waals surface area contributed by atoms with E-state index in [0.29, 0.717) is 11.9 Å². The minimum Gasteiger partial charge on any atom is -0.396 e. The van der Waals surface area contributed by atoms with E-state index in [4.69, 9.17) is 5.11 Å². The van der Waals surface area contributed by atoms with E-state index in [2.05, 4.69) is 4.90 Å². The summed E-state index contributed by atoms with van der Waals surface area (Å²) in [6.07, 6.45) is 7.76. The lowest BCUT2D eigenvalue weighted by Crippen LogP contribution is -2.49. The second-order valence-electron chi connectivity index (χ2n) is 6.47. The van der Waals surface area contributed by atoms with Gasteiger partial charge in [0.2, 0.25) is 5.91 Å². The first kappa shape index (κ1) is 15.5. The molecule has 0 radical (unpaired) electrons. The zero-order chi connectivity index (χ0) is 13.6. The molecule has 1 N–H and O–H groups in total. The van der Waals surface area contributed by atoms with Crippen LogP contribution in [0.5, 0.6) is 0 Å². The minimum absolute atomic E-state index is 0.263. The van der Waals surface area contributed by atoms with Crippen LogP contribution >= 0.6 is 0 Å². The fourth-order valence-corrected chi connectivity index (χ4v) is 2.33. The Morgan fingerprint density at radius 1 is 1.17 bits per heavy atom. The van der Waals surface area contributed by atoms with Crippen LogP contribution < -0.4 is 0 Å². The third-order valence-corrected chi connectivity index (χ3v) is 3.73. The topological polar surface area (TPSA) is 40.5 Å². The Morgan fingerprint density at radius 2 is 1.78 bits per heavy atom. The van der Waals surface area contributed by atoms with Crippen LogP contribution in [-0.2, 0) is 4.79 Å². The second kappa shape index (κ2) is 7.13. The highest BCUT2D eigenvalue weighted by Crippen LogP contribution is 2.29. The molecule has 0 aromatic heterocycles. The van der Waals surface area contributed by atoms with Crippen molar-refractivity contribution >= 4 is 5.91 Å². The van der Waals surface area contributed by atoms with E-state index in [1.54, 1.807) is 0 Å². The average molecular weight is 255 g/mol. The Hall–Kier alpha value is -0.570. The molecule has 1 saturated carbocycles. The van der Waals surface area contributed by atoms with Gasteiger partial charge in [-0.1, -0.05) is 33.6 Å². The van der Waals surface area contributed by atoms with Crippen LogP contribution in [0.15, 0.2) is 0 Å². The molecule has 0 aromatic rings. The first-order valence-electron chi connectivity index (χ1n) is 7.38. The van der Waals surface area contributed by atoms with Crippen molar-refractivity contribution in [3.05, 3.63) is 0 Å². The molecule has 3 nitrogen and oxygen atoms in total. The summed E-state index contributed by atoms with van der Waals surface area (Å²) >= 11 is 0. The van der Waals surface area contributed by atoms with Gasteiger partial charge in [-0.05, 0) is 32.1 Å². The summed E-state index contributed by atoms with van der Waals surface area (Å²) in [6, 6.07) is 0.495. The third kappa shape index (κ3) is 4.60. The molecule has 0 atom stereocenters. The third-order valence-electron chi connectivity index (χ3n) is 3.73. The summed E-state index contributed by atoms with van der Waals surface area (Å²) in [5.41, 5.74) is -0.263. The number of amides is 1. The summed E-state index contributed by atoms with van der Waals surface area (Å²) in [5, 5.41) is 8.74. The summed E-state index contributed by atoms with van der Waals surface area (Å²) in [7, 11) is 0. The van der Waals surface area contributed by atoms with Crippen molar-refractivity contribution in [3.8, 4) is 0 Å². The zero-order valence-electron chi connectivity index (χ0n) is 12.2. The fourth-order valence-electron chi connectivity index (χ4n) is 2.33. The summed E-state index contributed by atoms with van der Waals surface area (Å²) in [4.78, 5) is 14.5. The monoisotopic (exact) mass is 255 g/mol. The highest BCUT2D eigenvalue weighted by Gasteiger charge is 2.34. The number of nitrogens with zero attached hydrogens (tertiary/aromatic N) is 1. The van der Waals surface area contributed by atoms with Crippen molar-refractivity contribution in [2.24, 2.45) is 5.41 Å². The smallest absolute Gasteiger partial charge is 0.228 e. The van der Waals surface area contributed by atoms with E-state index in [0.717, 1.165) is 32.2 Å². The van der Waals surface area contributed by atoms with Gasteiger partial charge in [-0.15, -0.1) is 0 Å². The number of aliphatic hydroxyl groups excluding tert-OH is 1. The highest BCUT2D eigenvalue weighted by atomic mass is 16.2. The van der Waals surface area contributed by atoms with Gasteiger partial charge in [-0.25, -0.2) is 0 Å². The molecule has 0 bridgehead atoms. The van der Waals surface area contributed by atoms with Crippen molar-refractivity contribution < 1.29 is 9.90 Å². The van der Waals surface area contributed by atoms with Crippen LogP contribution in [-0.4, -0.2) is 35.1 Å². The molecule has 106 valence electrons. The van der Waals surface area contributed by atoms with Crippen LogP contribution in [0.3, 0.4) is 0 Å². The van der Waals surface area contributed by atoms with E-state index >= 15 is 0 Å². The fraction of sp³-hybridized carbons (Fsp3) is 0.933. The molecule has 1 rings (SSSR count). The van der Waals surface area contributed by atoms with Gasteiger partial charge in [0.1, 0.15) is 0 Å². The number of carbonyl (C=O) groups excluding carboxylic acids is 1. The maximum atomic E-state index is 12.4. The molecule has 0 aromatic carbocycles. The van der Waals surface area contributed by atoms with E-state index in [-0.39, 0.29) is 12.0 Å². The first-order valence-corrected chi connectivity index (χ1v) is 7.38. The van der Waals surface area contributed by atoms with Gasteiger partial charge in [0.25, 0.3) is 0 Å². The molecule has 1 aliphatic rings. The van der Waals surface area contributed by atoms with Gasteiger partial charge >= 0.3 is 0 Å². The van der Waals surface area contributed by atoms with Gasteiger partial charge in [0, 0.05) is 24.6 Å². The SMILES string of the molecule is CC(C)(C)C(=O)N(CCCCCCO)C1CCC1. The maximum absolute atomic E-state index is 12.4. The van der Waals surface area contributed by atoms with Crippen molar-refractivity contribution in [2.75, 3.05) is 13.2 Å². The molecule has 1 aliphatic carbocycles. The quantitative estimate of drug-likeness (QED) is 0.711. The molecule has 0 spiro atoms. The van der Waals surface area contributed by atoms with Gasteiger partial charge in [0.05, 0.1) is 0 Å². The molecule has 0 heterocycles. The summed E-state index contributed by atoms with van der Waals surface area (Å²) in [6.45, 7) is 7.20. The molecular formula is C15H29NO2. The Labute approximate surface area is 112 Å². The lowest BCUT2D eigenvalue weighted by atomic mass is 9.87. The van der Waals surface area contributed by atoms with Gasteiger partial charge < -0.3 is 10.0 Å². The number of carbonyl (C=O) groups is 1. The van der Waals surface area contributed by atoms with Crippen LogP contribution in [0.2, 0.25) is 0 Å². The number of rotatable bonds is 7. The minimum atomic E-state index is -0.263. The highest BCUT2D eigenvalue weighted by molar-refractivity contribution is 5.81. The predicted octanol–water partition coefficient (Wildman–Crippen LogP) is 2.97. The number of aliphatic hydroxyl groups is 1. The van der Waals surface area contributed by atoms with Crippen LogP contribution in [0.25, 0.3) is 0 Å². The number of unbranched alkanes of at least 4 members (excludes halogenated alkanes) is 3. The summed E-state index contributed by atoms with van der Waals surface area (Å²) in [5.74, 6) is 0.300. The Bertz CT molecular complexity index is 254. The van der Waals surface area contributed by atoms with Gasteiger partial charge in [0.15, 0.2) is 0 Å². The van der Waals surface area contributed by atoms with Gasteiger partial charge in [-0.3, -0.25) is 4.79 Å². The Morgan fingerprint density at radius 3 is 2.22 bits per heavy atom. The largest absolute Gasteiger partial charge is 0.396 e. The van der Waals surface area contributed by atoms with E-state index in [9.17, 15) is 4.79 Å². The van der Waals surface area contributed by atoms with E-state index in [1.165, 1.54) is 19.3 Å². The van der Waals surface area contributed by atoms with Crippen LogP contribution in [0, 0.1) is 5.41 Å². The normalized spacial score (nSPS) is 16.4. The Kier molecular flexibility index (Phi) is 6.13.